The second-order valence-corrected chi connectivity index (χ2v) is 10.2. The minimum atomic E-state index is -0.662. The Kier molecular flexibility index (Phi) is 8.39. The Balaban J connectivity index is 1.35. The van der Waals surface area contributed by atoms with Crippen LogP contribution in [0.5, 0.6) is 17.2 Å². The van der Waals surface area contributed by atoms with Crippen molar-refractivity contribution in [2.45, 2.75) is 13.3 Å². The maximum atomic E-state index is 14.0. The predicted molar refractivity (Wildman–Crippen MR) is 158 cm³/mol. The van der Waals surface area contributed by atoms with Gasteiger partial charge in [0.05, 0.1) is 27.8 Å². The van der Waals surface area contributed by atoms with Gasteiger partial charge in [-0.15, -0.1) is 0 Å². The van der Waals surface area contributed by atoms with E-state index in [-0.39, 0.29) is 29.5 Å². The second kappa shape index (κ2) is 12.3. The molecule has 43 heavy (non-hydrogen) atoms. The highest BCUT2D eigenvalue weighted by Gasteiger charge is 2.21. The number of aryl methyl sites for hydroxylation is 1. The zero-order chi connectivity index (χ0) is 30.7. The molecule has 5 aromatic rings. The molecule has 2 heterocycles. The van der Waals surface area contributed by atoms with Gasteiger partial charge in [0.1, 0.15) is 22.3 Å². The predicted octanol–water partition coefficient (Wildman–Crippen LogP) is 5.98. The lowest BCUT2D eigenvalue weighted by Gasteiger charge is -2.14. The first kappa shape index (κ1) is 29.3. The molecule has 0 saturated carbocycles. The molecule has 0 aliphatic carbocycles. The minimum Gasteiger partial charge on any atom is -0.493 e. The smallest absolute Gasteiger partial charge is 0.272 e. The third kappa shape index (κ3) is 6.33. The zero-order valence-electron chi connectivity index (χ0n) is 23.5. The van der Waals surface area contributed by atoms with Crippen LogP contribution in [-0.2, 0) is 11.2 Å². The molecule has 11 nitrogen and oxygen atoms in total. The molecule has 3 aromatic carbocycles. The van der Waals surface area contributed by atoms with Crippen molar-refractivity contribution in [3.63, 3.8) is 0 Å². The Morgan fingerprint density at radius 3 is 2.42 bits per heavy atom. The highest BCUT2D eigenvalue weighted by molar-refractivity contribution is 7.19. The van der Waals surface area contributed by atoms with Gasteiger partial charge in [-0.1, -0.05) is 22.6 Å². The van der Waals surface area contributed by atoms with E-state index in [4.69, 9.17) is 24.5 Å². The molecule has 0 spiro atoms. The molecule has 0 aliphatic heterocycles. The van der Waals surface area contributed by atoms with Gasteiger partial charge in [0.25, 0.3) is 5.89 Å². The van der Waals surface area contributed by atoms with E-state index in [1.807, 2.05) is 6.92 Å². The molecular weight excluding hydrogens is 582 g/mol. The number of methoxy groups -OCH3 is 3. The van der Waals surface area contributed by atoms with Crippen molar-refractivity contribution < 1.29 is 32.3 Å². The topological polar surface area (TPSA) is 147 Å². The minimum absolute atomic E-state index is 0.0473. The van der Waals surface area contributed by atoms with Crippen LogP contribution in [0.15, 0.2) is 53.1 Å². The molecule has 0 atom stereocenters. The molecule has 2 aromatic heterocycles. The van der Waals surface area contributed by atoms with Crippen molar-refractivity contribution in [2.75, 3.05) is 37.7 Å². The Bertz CT molecular complexity index is 1780. The fourth-order valence-electron chi connectivity index (χ4n) is 4.24. The summed E-state index contributed by atoms with van der Waals surface area (Å²) in [6.07, 6.45) is -0.337. The van der Waals surface area contributed by atoms with Crippen LogP contribution in [0.25, 0.3) is 22.2 Å². The fraction of sp³-hybridized carbons (Fsp3) is 0.172. The van der Waals surface area contributed by atoms with Crippen LogP contribution in [0.3, 0.4) is 0 Å². The summed E-state index contributed by atoms with van der Waals surface area (Å²) in [6.45, 7) is 1.85. The number of benzene rings is 3. The van der Waals surface area contributed by atoms with Gasteiger partial charge in [-0.3, -0.25) is 4.79 Å². The van der Waals surface area contributed by atoms with Crippen LogP contribution in [0.4, 0.5) is 31.1 Å². The first-order chi connectivity index (χ1) is 20.7. The standard InChI is InChI=1S/C29H26F2N6O5S/c1-14-5-7-17(33-23(38)10-15-9-16(30)6-8-20(15)31)11-19(14)27-36-28(42-37-27)25-26(32)35-29(43-25)34-18-12-21(39-2)24(41-4)22(13-18)40-3/h5-9,11-13H,10,32H2,1-4H3,(H,33,38)(H,34,35). The van der Waals surface area contributed by atoms with Crippen LogP contribution in [0.2, 0.25) is 0 Å². The number of carbonyl (C=O) groups excluding carboxylic acids is 1. The van der Waals surface area contributed by atoms with E-state index >= 15 is 0 Å². The van der Waals surface area contributed by atoms with Crippen molar-refractivity contribution in [3.8, 4) is 39.4 Å². The maximum absolute atomic E-state index is 14.0. The van der Waals surface area contributed by atoms with E-state index in [2.05, 4.69) is 25.8 Å². The third-order valence-corrected chi connectivity index (χ3v) is 7.29. The molecule has 0 unspecified atom stereocenters. The second-order valence-electron chi connectivity index (χ2n) is 9.19. The Morgan fingerprint density at radius 2 is 1.72 bits per heavy atom. The molecule has 222 valence electrons. The fourth-order valence-corrected chi connectivity index (χ4v) is 5.06. The first-order valence-corrected chi connectivity index (χ1v) is 13.5. The van der Waals surface area contributed by atoms with Crippen LogP contribution < -0.4 is 30.6 Å². The number of ether oxygens (including phenoxy) is 3. The Labute approximate surface area is 248 Å². The van der Waals surface area contributed by atoms with Crippen molar-refractivity contribution in [2.24, 2.45) is 0 Å². The van der Waals surface area contributed by atoms with Gasteiger partial charge in [-0.25, -0.2) is 13.8 Å². The molecule has 14 heteroatoms. The number of carbonyl (C=O) groups is 1. The highest BCUT2D eigenvalue weighted by Crippen LogP contribution is 2.42. The van der Waals surface area contributed by atoms with Gasteiger partial charge in [0.2, 0.25) is 17.5 Å². The molecular formula is C29H26F2N6O5S. The summed E-state index contributed by atoms with van der Waals surface area (Å²) in [7, 11) is 4.56. The maximum Gasteiger partial charge on any atom is 0.272 e. The number of hydrogen-bond donors (Lipinski definition) is 3. The first-order valence-electron chi connectivity index (χ1n) is 12.7. The van der Waals surface area contributed by atoms with Gasteiger partial charge in [-0.2, -0.15) is 4.98 Å². The van der Waals surface area contributed by atoms with Crippen molar-refractivity contribution in [3.05, 3.63) is 71.3 Å². The van der Waals surface area contributed by atoms with E-state index in [9.17, 15) is 13.6 Å². The van der Waals surface area contributed by atoms with Gasteiger partial charge in [0.15, 0.2) is 16.6 Å². The number of nitrogens with two attached hydrogens (primary N) is 1. The summed E-state index contributed by atoms with van der Waals surface area (Å²) in [5, 5.41) is 10.4. The van der Waals surface area contributed by atoms with Crippen LogP contribution in [0.1, 0.15) is 11.1 Å². The van der Waals surface area contributed by atoms with Crippen LogP contribution in [-0.4, -0.2) is 42.4 Å². The molecule has 0 aliphatic rings. The summed E-state index contributed by atoms with van der Waals surface area (Å²) in [5.41, 5.74) is 8.58. The summed E-state index contributed by atoms with van der Waals surface area (Å²) >= 11 is 1.20. The van der Waals surface area contributed by atoms with Gasteiger partial charge < -0.3 is 35.1 Å². The van der Waals surface area contributed by atoms with E-state index in [1.54, 1.807) is 30.3 Å². The highest BCUT2D eigenvalue weighted by atomic mass is 32.1. The number of amides is 1. The van der Waals surface area contributed by atoms with E-state index in [0.717, 1.165) is 23.8 Å². The van der Waals surface area contributed by atoms with Crippen LogP contribution in [0, 0.1) is 18.6 Å². The average Bonchev–Trinajstić information content (AvgIpc) is 3.61. The van der Waals surface area contributed by atoms with E-state index < -0.39 is 17.5 Å². The zero-order valence-corrected chi connectivity index (χ0v) is 24.3. The number of rotatable bonds is 10. The molecule has 0 fully saturated rings. The normalized spacial score (nSPS) is 10.8. The molecule has 1 amide bonds. The lowest BCUT2D eigenvalue weighted by atomic mass is 10.1. The Morgan fingerprint density at radius 1 is 0.977 bits per heavy atom. The lowest BCUT2D eigenvalue weighted by molar-refractivity contribution is -0.115. The lowest BCUT2D eigenvalue weighted by Crippen LogP contribution is -2.15. The molecule has 0 radical (unpaired) electrons. The third-order valence-electron chi connectivity index (χ3n) is 6.31. The number of nitrogens with zero attached hydrogens (tertiary/aromatic N) is 3. The number of halogens is 2. The van der Waals surface area contributed by atoms with Crippen molar-refractivity contribution in [1.82, 2.24) is 15.1 Å². The largest absolute Gasteiger partial charge is 0.493 e. The SMILES string of the molecule is COc1cc(Nc2nc(N)c(-c3nc(-c4cc(NC(=O)Cc5cc(F)ccc5F)ccc4C)no3)s2)cc(OC)c1OC. The molecule has 0 saturated heterocycles. The number of hydrogen-bond acceptors (Lipinski definition) is 11. The quantitative estimate of drug-likeness (QED) is 0.173. The van der Waals surface area contributed by atoms with Gasteiger partial charge in [-0.05, 0) is 42.8 Å². The van der Waals surface area contributed by atoms with Gasteiger partial charge >= 0.3 is 0 Å². The van der Waals surface area contributed by atoms with Gasteiger partial charge in [0, 0.05) is 34.6 Å². The summed E-state index contributed by atoms with van der Waals surface area (Å²) in [5.74, 6) is 0.161. The molecule has 0 bridgehead atoms. The monoisotopic (exact) mass is 608 g/mol. The number of nitrogen functional groups attached to an aromatic ring is 1. The number of anilines is 4. The number of nitrogens with one attached hydrogen (secondary N) is 2. The van der Waals surface area contributed by atoms with Crippen molar-refractivity contribution >= 4 is 39.6 Å². The van der Waals surface area contributed by atoms with E-state index in [1.165, 1.54) is 32.7 Å². The molecule has 5 rings (SSSR count). The number of aromatic nitrogens is 3. The summed E-state index contributed by atoms with van der Waals surface area (Å²) in [4.78, 5) is 21.9. The van der Waals surface area contributed by atoms with E-state index in [0.29, 0.717) is 44.2 Å². The summed E-state index contributed by atoms with van der Waals surface area (Å²) in [6, 6.07) is 11.5. The summed E-state index contributed by atoms with van der Waals surface area (Å²) < 4.78 is 49.1. The average molecular weight is 609 g/mol. The Hall–Kier alpha value is -5.24. The number of thiazole rings is 1. The molecule has 4 N–H and O–H groups in total. The van der Waals surface area contributed by atoms with Crippen molar-refractivity contribution in [1.29, 1.82) is 0 Å². The van der Waals surface area contributed by atoms with Crippen LogP contribution >= 0.6 is 11.3 Å².